The minimum atomic E-state index is -3.05. The topological polar surface area (TPSA) is 84.9 Å². The highest BCUT2D eigenvalue weighted by Crippen LogP contribution is 2.35. The molecule has 2 aromatic rings. The van der Waals surface area contributed by atoms with E-state index in [1.54, 1.807) is 0 Å². The summed E-state index contributed by atoms with van der Waals surface area (Å²) in [6.45, 7) is -3.75. The number of imide groups is 1. The first-order valence-electron chi connectivity index (χ1n) is 8.81. The Labute approximate surface area is 183 Å². The largest absolute Gasteiger partial charge is 0.493 e. The summed E-state index contributed by atoms with van der Waals surface area (Å²) in [5, 5.41) is 1.42. The molecule has 0 bridgehead atoms. The van der Waals surface area contributed by atoms with Crippen LogP contribution < -0.4 is 14.8 Å². The van der Waals surface area contributed by atoms with Gasteiger partial charge in [-0.1, -0.05) is 6.07 Å². The highest BCUT2D eigenvalue weighted by molar-refractivity contribution is 8.18. The van der Waals surface area contributed by atoms with Crippen LogP contribution in [0.3, 0.4) is 0 Å². The number of ether oxygens (including phenoxy) is 2. The Morgan fingerprint density at radius 3 is 2.56 bits per heavy atom. The van der Waals surface area contributed by atoms with Crippen LogP contribution in [0.15, 0.2) is 41.3 Å². The van der Waals surface area contributed by atoms with E-state index in [9.17, 15) is 31.9 Å². The number of halogens is 4. The zero-order valence-electron chi connectivity index (χ0n) is 16.2. The van der Waals surface area contributed by atoms with Crippen LogP contribution in [-0.4, -0.2) is 42.2 Å². The normalized spacial score (nSPS) is 14.9. The van der Waals surface area contributed by atoms with E-state index in [-0.39, 0.29) is 22.1 Å². The van der Waals surface area contributed by atoms with Gasteiger partial charge in [0.2, 0.25) is 5.91 Å². The molecule has 3 amide bonds. The van der Waals surface area contributed by atoms with Crippen LogP contribution in [-0.2, 0) is 9.59 Å². The Balaban J connectivity index is 1.72. The van der Waals surface area contributed by atoms with Gasteiger partial charge in [0.15, 0.2) is 11.5 Å². The van der Waals surface area contributed by atoms with E-state index >= 15 is 0 Å². The van der Waals surface area contributed by atoms with Gasteiger partial charge >= 0.3 is 6.61 Å². The van der Waals surface area contributed by atoms with E-state index in [1.807, 2.05) is 0 Å². The van der Waals surface area contributed by atoms with Gasteiger partial charge in [0, 0.05) is 6.07 Å². The number of benzene rings is 2. The van der Waals surface area contributed by atoms with Gasteiger partial charge in [-0.15, -0.1) is 0 Å². The van der Waals surface area contributed by atoms with Crippen molar-refractivity contribution >= 4 is 40.6 Å². The molecule has 1 aliphatic rings. The maximum atomic E-state index is 13.7. The number of methoxy groups -OCH3 is 1. The Bertz CT molecular complexity index is 1110. The first-order chi connectivity index (χ1) is 15.2. The first kappa shape index (κ1) is 23.1. The molecular formula is C20H14F4N2O5S. The number of hydrogen-bond acceptors (Lipinski definition) is 6. The third-order valence-corrected chi connectivity index (χ3v) is 4.99. The zero-order chi connectivity index (χ0) is 23.4. The zero-order valence-corrected chi connectivity index (χ0v) is 17.1. The Morgan fingerprint density at radius 1 is 1.16 bits per heavy atom. The lowest BCUT2D eigenvalue weighted by molar-refractivity contribution is -0.127. The van der Waals surface area contributed by atoms with E-state index in [0.29, 0.717) is 28.3 Å². The monoisotopic (exact) mass is 470 g/mol. The summed E-state index contributed by atoms with van der Waals surface area (Å²) in [5.41, 5.74) is 0.0453. The van der Waals surface area contributed by atoms with Crippen LogP contribution in [0.1, 0.15) is 5.56 Å². The molecule has 1 heterocycles. The second kappa shape index (κ2) is 9.73. The summed E-state index contributed by atoms with van der Waals surface area (Å²) in [4.78, 5) is 37.5. The number of thioether (sulfide) groups is 1. The summed E-state index contributed by atoms with van der Waals surface area (Å²) in [6.07, 6.45) is 1.32. The molecule has 0 radical (unpaired) electrons. The van der Waals surface area contributed by atoms with Crippen LogP contribution in [0.25, 0.3) is 6.08 Å². The number of carbonyl (C=O) groups excluding carboxylic acids is 3. The van der Waals surface area contributed by atoms with E-state index in [2.05, 4.69) is 10.1 Å². The number of hydrogen-bond donors (Lipinski definition) is 1. The number of nitrogens with zero attached hydrogens (tertiary/aromatic N) is 1. The van der Waals surface area contributed by atoms with Crippen LogP contribution in [0, 0.1) is 11.6 Å². The van der Waals surface area contributed by atoms with Crippen molar-refractivity contribution in [3.63, 3.8) is 0 Å². The lowest BCUT2D eigenvalue weighted by Crippen LogP contribution is -2.36. The molecule has 0 spiro atoms. The molecule has 0 aromatic heterocycles. The van der Waals surface area contributed by atoms with Gasteiger partial charge in [-0.2, -0.15) is 8.78 Å². The Morgan fingerprint density at radius 2 is 1.91 bits per heavy atom. The Hall–Kier alpha value is -3.54. The fourth-order valence-electron chi connectivity index (χ4n) is 2.68. The molecule has 1 aliphatic heterocycles. The molecule has 7 nitrogen and oxygen atoms in total. The molecule has 0 saturated carbocycles. The molecule has 1 fully saturated rings. The first-order valence-corrected chi connectivity index (χ1v) is 9.62. The average Bonchev–Trinajstić information content (AvgIpc) is 2.98. The SMILES string of the molecule is COc1cc(/C=C2\SC(=O)N(CC(=O)Nc3ccc(F)cc3F)C2=O)ccc1OC(F)F. The molecule has 32 heavy (non-hydrogen) atoms. The number of alkyl halides is 2. The standard InChI is InChI=1S/C20H14F4N2O5S/c1-30-15-6-10(2-5-14(15)31-19(23)24)7-16-18(28)26(20(29)32-16)9-17(27)25-13-4-3-11(21)8-12(13)22/h2-8,19H,9H2,1H3,(H,25,27)/b16-7-. The van der Waals surface area contributed by atoms with Crippen LogP contribution in [0.4, 0.5) is 28.0 Å². The van der Waals surface area contributed by atoms with Gasteiger partial charge < -0.3 is 14.8 Å². The molecular weight excluding hydrogens is 456 g/mol. The lowest BCUT2D eigenvalue weighted by Gasteiger charge is -2.13. The third-order valence-electron chi connectivity index (χ3n) is 4.08. The van der Waals surface area contributed by atoms with Gasteiger partial charge in [0.05, 0.1) is 17.7 Å². The van der Waals surface area contributed by atoms with E-state index < -0.39 is 41.8 Å². The van der Waals surface area contributed by atoms with Crippen LogP contribution in [0.2, 0.25) is 0 Å². The van der Waals surface area contributed by atoms with Crippen molar-refractivity contribution in [1.82, 2.24) is 4.90 Å². The summed E-state index contributed by atoms with van der Waals surface area (Å²) in [6, 6.07) is 6.43. The minimum absolute atomic E-state index is 0.0148. The van der Waals surface area contributed by atoms with E-state index in [4.69, 9.17) is 4.74 Å². The van der Waals surface area contributed by atoms with Crippen molar-refractivity contribution in [3.8, 4) is 11.5 Å². The molecule has 168 valence electrons. The fraction of sp³-hybridized carbons (Fsp3) is 0.150. The summed E-state index contributed by atoms with van der Waals surface area (Å²) in [7, 11) is 1.24. The maximum absolute atomic E-state index is 13.7. The average molecular weight is 470 g/mol. The van der Waals surface area contributed by atoms with Crippen molar-refractivity contribution in [2.75, 3.05) is 19.0 Å². The number of anilines is 1. The smallest absolute Gasteiger partial charge is 0.387 e. The van der Waals surface area contributed by atoms with Crippen molar-refractivity contribution in [2.45, 2.75) is 6.61 Å². The highest BCUT2D eigenvalue weighted by Gasteiger charge is 2.36. The quantitative estimate of drug-likeness (QED) is 0.481. The molecule has 0 atom stereocenters. The van der Waals surface area contributed by atoms with Gasteiger partial charge in [-0.25, -0.2) is 8.78 Å². The second-order valence-electron chi connectivity index (χ2n) is 6.23. The minimum Gasteiger partial charge on any atom is -0.493 e. The summed E-state index contributed by atoms with van der Waals surface area (Å²) in [5.74, 6) is -3.71. The van der Waals surface area contributed by atoms with Crippen LogP contribution >= 0.6 is 11.8 Å². The number of nitrogens with one attached hydrogen (secondary N) is 1. The third kappa shape index (κ3) is 5.38. The predicted octanol–water partition coefficient (Wildman–Crippen LogP) is 4.25. The van der Waals surface area contributed by atoms with Crippen molar-refractivity contribution in [3.05, 3.63) is 58.5 Å². The maximum Gasteiger partial charge on any atom is 0.387 e. The second-order valence-corrected chi connectivity index (χ2v) is 7.22. The number of rotatable bonds is 7. The van der Waals surface area contributed by atoms with Crippen LogP contribution in [0.5, 0.6) is 11.5 Å². The molecule has 0 unspecified atom stereocenters. The summed E-state index contributed by atoms with van der Waals surface area (Å²) < 4.78 is 60.8. The van der Waals surface area contributed by atoms with Gasteiger partial charge in [0.1, 0.15) is 18.2 Å². The molecule has 2 aromatic carbocycles. The fourth-order valence-corrected chi connectivity index (χ4v) is 3.52. The van der Waals surface area contributed by atoms with Crippen molar-refractivity contribution in [1.29, 1.82) is 0 Å². The van der Waals surface area contributed by atoms with Crippen molar-refractivity contribution < 1.29 is 41.4 Å². The molecule has 0 aliphatic carbocycles. The van der Waals surface area contributed by atoms with Gasteiger partial charge in [0.25, 0.3) is 11.1 Å². The molecule has 3 rings (SSSR count). The number of amides is 3. The molecule has 1 N–H and O–H groups in total. The van der Waals surface area contributed by atoms with Crippen molar-refractivity contribution in [2.24, 2.45) is 0 Å². The molecule has 12 heteroatoms. The molecule has 1 saturated heterocycles. The number of carbonyl (C=O) groups is 3. The Kier molecular flexibility index (Phi) is 7.03. The summed E-state index contributed by atoms with van der Waals surface area (Å²) >= 11 is 0.561. The highest BCUT2D eigenvalue weighted by atomic mass is 32.2. The lowest BCUT2D eigenvalue weighted by atomic mass is 10.2. The predicted molar refractivity (Wildman–Crippen MR) is 107 cm³/mol. The van der Waals surface area contributed by atoms with E-state index in [1.165, 1.54) is 31.4 Å². The van der Waals surface area contributed by atoms with Gasteiger partial charge in [-0.05, 0) is 47.7 Å². The van der Waals surface area contributed by atoms with E-state index in [0.717, 1.165) is 12.1 Å². The van der Waals surface area contributed by atoms with Gasteiger partial charge in [-0.3, -0.25) is 19.3 Å².